The Hall–Kier alpha value is -2.81. The van der Waals surface area contributed by atoms with E-state index >= 15 is 0 Å². The van der Waals surface area contributed by atoms with E-state index in [-0.39, 0.29) is 17.7 Å². The van der Waals surface area contributed by atoms with Crippen LogP contribution in [0.1, 0.15) is 28.9 Å². The number of phenols is 1. The highest BCUT2D eigenvalue weighted by Gasteiger charge is 2.15. The Labute approximate surface area is 129 Å². The lowest BCUT2D eigenvalue weighted by Gasteiger charge is -2.15. The average molecular weight is 291 g/mol. The number of phenolic OH excluding ortho intramolecular Hbond substituents is 1. The van der Waals surface area contributed by atoms with Gasteiger partial charge in [0.1, 0.15) is 5.75 Å². The predicted molar refractivity (Wildman–Crippen MR) is 87.9 cm³/mol. The minimum Gasteiger partial charge on any atom is -0.507 e. The van der Waals surface area contributed by atoms with Gasteiger partial charge in [0, 0.05) is 0 Å². The molecule has 0 aromatic heterocycles. The van der Waals surface area contributed by atoms with Crippen molar-refractivity contribution in [3.05, 3.63) is 77.9 Å². The van der Waals surface area contributed by atoms with Crippen LogP contribution in [0.3, 0.4) is 0 Å². The highest BCUT2D eigenvalue weighted by atomic mass is 16.3. The van der Waals surface area contributed by atoms with Gasteiger partial charge in [-0.25, -0.2) is 0 Å². The monoisotopic (exact) mass is 291 g/mol. The van der Waals surface area contributed by atoms with Gasteiger partial charge in [0.25, 0.3) is 5.91 Å². The molecule has 2 N–H and O–H groups in total. The Bertz CT molecular complexity index is 812. The van der Waals surface area contributed by atoms with E-state index < -0.39 is 0 Å². The molecule has 3 nitrogen and oxygen atoms in total. The van der Waals surface area contributed by atoms with Gasteiger partial charge >= 0.3 is 0 Å². The van der Waals surface area contributed by atoms with E-state index in [4.69, 9.17) is 0 Å². The molecule has 3 aromatic rings. The fourth-order valence-electron chi connectivity index (χ4n) is 2.51. The fourth-order valence-corrected chi connectivity index (χ4v) is 2.51. The Morgan fingerprint density at radius 2 is 1.55 bits per heavy atom. The van der Waals surface area contributed by atoms with E-state index in [1.54, 1.807) is 12.1 Å². The Morgan fingerprint density at radius 1 is 0.955 bits per heavy atom. The van der Waals surface area contributed by atoms with Gasteiger partial charge in [0.05, 0.1) is 11.6 Å². The number of carbonyl (C=O) groups is 1. The minimum atomic E-state index is -0.278. The minimum absolute atomic E-state index is 0.00328. The fraction of sp³-hybridized carbons (Fsp3) is 0.105. The Balaban J connectivity index is 1.87. The number of hydrogen-bond acceptors (Lipinski definition) is 2. The largest absolute Gasteiger partial charge is 0.507 e. The summed E-state index contributed by atoms with van der Waals surface area (Å²) >= 11 is 0. The number of amides is 1. The summed E-state index contributed by atoms with van der Waals surface area (Å²) in [6, 6.07) is 20.6. The lowest BCUT2D eigenvalue weighted by molar-refractivity contribution is 0.0937. The topological polar surface area (TPSA) is 49.3 Å². The van der Waals surface area contributed by atoms with Gasteiger partial charge in [0.15, 0.2) is 0 Å². The summed E-state index contributed by atoms with van der Waals surface area (Å²) in [6.45, 7) is 1.92. The van der Waals surface area contributed by atoms with Crippen LogP contribution < -0.4 is 5.32 Å². The number of carbonyl (C=O) groups excluding carboxylic acids is 1. The van der Waals surface area contributed by atoms with Crippen LogP contribution in [0, 0.1) is 0 Å². The van der Waals surface area contributed by atoms with Gasteiger partial charge in [-0.3, -0.25) is 4.79 Å². The van der Waals surface area contributed by atoms with Crippen molar-refractivity contribution in [3.63, 3.8) is 0 Å². The molecule has 0 saturated heterocycles. The Kier molecular flexibility index (Phi) is 3.79. The number of fused-ring (bicyclic) bond motifs is 1. The van der Waals surface area contributed by atoms with Crippen LogP contribution in [0.25, 0.3) is 10.8 Å². The summed E-state index contributed by atoms with van der Waals surface area (Å²) in [6.07, 6.45) is 0. The molecule has 0 aliphatic heterocycles. The van der Waals surface area contributed by atoms with Crippen molar-refractivity contribution in [2.24, 2.45) is 0 Å². The third-order valence-electron chi connectivity index (χ3n) is 3.76. The Morgan fingerprint density at radius 3 is 2.23 bits per heavy atom. The molecule has 110 valence electrons. The maximum atomic E-state index is 12.4. The lowest BCUT2D eigenvalue weighted by Crippen LogP contribution is -2.26. The van der Waals surface area contributed by atoms with E-state index in [9.17, 15) is 9.90 Å². The third kappa shape index (κ3) is 2.79. The van der Waals surface area contributed by atoms with Crippen molar-refractivity contribution >= 4 is 16.7 Å². The molecule has 1 atom stereocenters. The van der Waals surface area contributed by atoms with Crippen LogP contribution in [-0.4, -0.2) is 11.0 Å². The van der Waals surface area contributed by atoms with E-state index in [0.29, 0.717) is 5.56 Å². The van der Waals surface area contributed by atoms with E-state index in [0.717, 1.165) is 16.3 Å². The smallest absolute Gasteiger partial charge is 0.255 e. The van der Waals surface area contributed by atoms with E-state index in [2.05, 4.69) is 5.32 Å². The third-order valence-corrected chi connectivity index (χ3v) is 3.76. The molecule has 22 heavy (non-hydrogen) atoms. The molecular formula is C19H17NO2. The molecule has 0 aliphatic carbocycles. The molecule has 3 aromatic carbocycles. The van der Waals surface area contributed by atoms with Crippen LogP contribution in [0.4, 0.5) is 0 Å². The van der Waals surface area contributed by atoms with Gasteiger partial charge in [-0.2, -0.15) is 0 Å². The molecule has 0 spiro atoms. The number of rotatable bonds is 3. The summed E-state index contributed by atoms with van der Waals surface area (Å²) in [4.78, 5) is 12.4. The standard InChI is InChI=1S/C19H17NO2/c1-13(14-7-3-2-4-8-14)20-19(22)17-11-15-9-5-6-10-16(15)12-18(17)21/h2-13,21H,1H3,(H,20,22)/t13-/m1/s1. The van der Waals surface area contributed by atoms with Gasteiger partial charge in [-0.05, 0) is 35.4 Å². The zero-order valence-electron chi connectivity index (χ0n) is 12.3. The maximum Gasteiger partial charge on any atom is 0.255 e. The highest BCUT2D eigenvalue weighted by molar-refractivity contribution is 6.01. The molecule has 0 aliphatic rings. The summed E-state index contributed by atoms with van der Waals surface area (Å²) in [5, 5.41) is 14.9. The van der Waals surface area contributed by atoms with Crippen LogP contribution in [-0.2, 0) is 0 Å². The zero-order valence-corrected chi connectivity index (χ0v) is 12.3. The molecule has 0 radical (unpaired) electrons. The van der Waals surface area contributed by atoms with Crippen molar-refractivity contribution in [1.29, 1.82) is 0 Å². The van der Waals surface area contributed by atoms with Crippen molar-refractivity contribution in [2.45, 2.75) is 13.0 Å². The second-order valence-corrected chi connectivity index (χ2v) is 5.32. The van der Waals surface area contributed by atoms with Crippen LogP contribution >= 0.6 is 0 Å². The first-order chi connectivity index (χ1) is 10.6. The molecule has 0 bridgehead atoms. The second kappa shape index (κ2) is 5.90. The second-order valence-electron chi connectivity index (χ2n) is 5.32. The molecule has 3 heteroatoms. The van der Waals surface area contributed by atoms with Gasteiger partial charge < -0.3 is 10.4 Å². The van der Waals surface area contributed by atoms with Crippen molar-refractivity contribution in [1.82, 2.24) is 5.32 Å². The molecule has 1 amide bonds. The van der Waals surface area contributed by atoms with E-state index in [1.807, 2.05) is 61.5 Å². The first-order valence-corrected chi connectivity index (χ1v) is 7.23. The van der Waals surface area contributed by atoms with Crippen molar-refractivity contribution in [2.75, 3.05) is 0 Å². The SMILES string of the molecule is C[C@@H](NC(=O)c1cc2ccccc2cc1O)c1ccccc1. The van der Waals surface area contributed by atoms with Crippen LogP contribution in [0.15, 0.2) is 66.7 Å². The number of benzene rings is 3. The highest BCUT2D eigenvalue weighted by Crippen LogP contribution is 2.25. The molecule has 3 rings (SSSR count). The summed E-state index contributed by atoms with van der Waals surface area (Å²) in [7, 11) is 0. The number of aromatic hydroxyl groups is 1. The summed E-state index contributed by atoms with van der Waals surface area (Å²) in [5.74, 6) is -0.281. The normalized spacial score (nSPS) is 12.0. The first kappa shape index (κ1) is 14.1. The molecule has 0 saturated carbocycles. The van der Waals surface area contributed by atoms with Gasteiger partial charge in [0.2, 0.25) is 0 Å². The van der Waals surface area contributed by atoms with Crippen LogP contribution in [0.2, 0.25) is 0 Å². The van der Waals surface area contributed by atoms with E-state index in [1.165, 1.54) is 0 Å². The average Bonchev–Trinajstić information content (AvgIpc) is 2.54. The van der Waals surface area contributed by atoms with Gasteiger partial charge in [-0.15, -0.1) is 0 Å². The zero-order chi connectivity index (χ0) is 15.5. The summed E-state index contributed by atoms with van der Waals surface area (Å²) in [5.41, 5.74) is 1.32. The first-order valence-electron chi connectivity index (χ1n) is 7.23. The summed E-state index contributed by atoms with van der Waals surface area (Å²) < 4.78 is 0. The van der Waals surface area contributed by atoms with Gasteiger partial charge in [-0.1, -0.05) is 54.6 Å². The number of nitrogens with one attached hydrogen (secondary N) is 1. The quantitative estimate of drug-likeness (QED) is 0.765. The molecular weight excluding hydrogens is 274 g/mol. The molecule has 0 fully saturated rings. The van der Waals surface area contributed by atoms with Crippen molar-refractivity contribution < 1.29 is 9.90 Å². The predicted octanol–water partition coefficient (Wildman–Crippen LogP) is 4.04. The lowest BCUT2D eigenvalue weighted by atomic mass is 10.0. The maximum absolute atomic E-state index is 12.4. The van der Waals surface area contributed by atoms with Crippen molar-refractivity contribution in [3.8, 4) is 5.75 Å². The van der Waals surface area contributed by atoms with Crippen LogP contribution in [0.5, 0.6) is 5.75 Å². The molecule has 0 heterocycles. The number of hydrogen-bond donors (Lipinski definition) is 2. The molecule has 0 unspecified atom stereocenters.